The third-order valence-electron chi connectivity index (χ3n) is 1.09. The fourth-order valence-corrected chi connectivity index (χ4v) is 0.492. The Hall–Kier alpha value is -0.770. The van der Waals surface area contributed by atoms with Crippen molar-refractivity contribution in [2.75, 3.05) is 20.3 Å². The summed E-state index contributed by atoms with van der Waals surface area (Å²) in [6.45, 7) is 5.07. The highest BCUT2D eigenvalue weighted by atomic mass is 16.6. The van der Waals surface area contributed by atoms with Crippen LogP contribution >= 0.6 is 0 Å². The molecule has 0 aliphatic carbocycles. The zero-order valence-corrected chi connectivity index (χ0v) is 7.22. The number of carbonyl (C=O) groups excluding carboxylic acids is 1. The normalized spacial score (nSPS) is 15.5. The summed E-state index contributed by atoms with van der Waals surface area (Å²) < 4.78 is 9.54. The molecule has 4 nitrogen and oxygen atoms in total. The Morgan fingerprint density at radius 2 is 2.09 bits per heavy atom. The molecule has 66 valence electrons. The Morgan fingerprint density at radius 1 is 1.55 bits per heavy atom. The lowest BCUT2D eigenvalue weighted by molar-refractivity contribution is -0.0976. The maximum absolute atomic E-state index is 10.4. The van der Waals surface area contributed by atoms with Crippen LogP contribution in [0, 0.1) is 0 Å². The number of nitrogens with one attached hydrogen (secondary N) is 1. The van der Waals surface area contributed by atoms with Gasteiger partial charge in [0.05, 0.1) is 13.2 Å². The number of hydrogen-bond acceptors (Lipinski definition) is 3. The monoisotopic (exact) mass is 161 g/mol. The van der Waals surface area contributed by atoms with E-state index in [0.717, 1.165) is 0 Å². The molecule has 4 heteroatoms. The minimum atomic E-state index is -0.386. The molecule has 0 spiro atoms. The topological polar surface area (TPSA) is 47.6 Å². The van der Waals surface area contributed by atoms with Crippen molar-refractivity contribution in [2.24, 2.45) is 0 Å². The number of hydrogen-bond donors (Lipinski definition) is 1. The van der Waals surface area contributed by atoms with Crippen LogP contribution in [0.2, 0.25) is 0 Å². The summed E-state index contributed by atoms with van der Waals surface area (Å²) in [6, 6.07) is 0. The average Bonchev–Trinajstić information content (AvgIpc) is 2.00. The molecule has 0 unspecified atom stereocenters. The van der Waals surface area contributed by atoms with Gasteiger partial charge in [0.15, 0.2) is 6.10 Å². The van der Waals surface area contributed by atoms with E-state index in [4.69, 9.17) is 9.47 Å². The van der Waals surface area contributed by atoms with Crippen molar-refractivity contribution in [2.45, 2.75) is 20.0 Å². The summed E-state index contributed by atoms with van der Waals surface area (Å²) in [4.78, 5) is 10.4. The Kier molecular flexibility index (Phi) is 5.56. The maximum Gasteiger partial charge on any atom is 0.407 e. The zero-order chi connectivity index (χ0) is 8.69. The van der Waals surface area contributed by atoms with Gasteiger partial charge in [-0.3, -0.25) is 0 Å². The van der Waals surface area contributed by atoms with Gasteiger partial charge >= 0.3 is 6.09 Å². The second-order valence-electron chi connectivity index (χ2n) is 1.81. The van der Waals surface area contributed by atoms with Gasteiger partial charge in [-0.25, -0.2) is 4.79 Å². The quantitative estimate of drug-likeness (QED) is 0.617. The van der Waals surface area contributed by atoms with Crippen LogP contribution in [0.1, 0.15) is 13.8 Å². The van der Waals surface area contributed by atoms with Crippen molar-refractivity contribution < 1.29 is 14.3 Å². The average molecular weight is 161 g/mol. The first-order valence-corrected chi connectivity index (χ1v) is 3.79. The van der Waals surface area contributed by atoms with Crippen molar-refractivity contribution >= 4 is 6.09 Å². The maximum atomic E-state index is 10.4. The van der Waals surface area contributed by atoms with Gasteiger partial charge in [-0.2, -0.15) is 0 Å². The van der Waals surface area contributed by atoms with E-state index < -0.39 is 0 Å². The number of carbonyl (C=O) groups is 1. The Bertz CT molecular complexity index is 112. The highest BCUT2D eigenvalue weighted by molar-refractivity contribution is 5.66. The molecule has 1 heterocycles. The molecule has 1 fully saturated rings. The van der Waals surface area contributed by atoms with Crippen LogP contribution in [-0.4, -0.2) is 32.5 Å². The second kappa shape index (κ2) is 5.97. The van der Waals surface area contributed by atoms with Gasteiger partial charge < -0.3 is 14.8 Å². The van der Waals surface area contributed by atoms with Crippen molar-refractivity contribution in [3.63, 3.8) is 0 Å². The van der Waals surface area contributed by atoms with E-state index in [1.807, 2.05) is 13.8 Å². The molecule has 1 saturated heterocycles. The van der Waals surface area contributed by atoms with Crippen LogP contribution in [0.4, 0.5) is 4.79 Å². The molecule has 0 atom stereocenters. The van der Waals surface area contributed by atoms with Crippen LogP contribution in [0.3, 0.4) is 0 Å². The summed E-state index contributed by atoms with van der Waals surface area (Å²) in [5.41, 5.74) is 0. The Balaban J connectivity index is 0.000000461. The first-order chi connectivity index (χ1) is 5.33. The fraction of sp³-hybridized carbons (Fsp3) is 0.857. The molecule has 0 bridgehead atoms. The summed E-state index contributed by atoms with van der Waals surface area (Å²) in [6.07, 6.45) is -0.409. The van der Waals surface area contributed by atoms with E-state index in [9.17, 15) is 4.79 Å². The largest absolute Gasteiger partial charge is 0.441 e. The Labute approximate surface area is 66.9 Å². The third kappa shape index (κ3) is 3.83. The fourth-order valence-electron chi connectivity index (χ4n) is 0.492. The van der Waals surface area contributed by atoms with Gasteiger partial charge in [-0.1, -0.05) is 13.8 Å². The Morgan fingerprint density at radius 3 is 2.36 bits per heavy atom. The van der Waals surface area contributed by atoms with Gasteiger partial charge in [-0.15, -0.1) is 0 Å². The van der Waals surface area contributed by atoms with Crippen molar-refractivity contribution in [3.8, 4) is 0 Å². The standard InChI is InChI=1S/C5H9NO3.C2H6/c1-6-5(7)9-4-2-8-3-4;1-2/h4H,2-3H2,1H3,(H,6,7);1-2H3. The first kappa shape index (κ1) is 10.2. The van der Waals surface area contributed by atoms with Gasteiger partial charge in [0.25, 0.3) is 0 Å². The molecule has 1 N–H and O–H groups in total. The predicted molar refractivity (Wildman–Crippen MR) is 41.5 cm³/mol. The van der Waals surface area contributed by atoms with Gasteiger partial charge in [0.1, 0.15) is 0 Å². The molecule has 0 aromatic rings. The third-order valence-corrected chi connectivity index (χ3v) is 1.09. The predicted octanol–water partition coefficient (Wildman–Crippen LogP) is 0.767. The van der Waals surface area contributed by atoms with E-state index in [1.54, 1.807) is 0 Å². The minimum Gasteiger partial charge on any atom is -0.441 e. The van der Waals surface area contributed by atoms with Crippen LogP contribution in [-0.2, 0) is 9.47 Å². The molecule has 11 heavy (non-hydrogen) atoms. The van der Waals surface area contributed by atoms with Crippen LogP contribution < -0.4 is 5.32 Å². The molecular formula is C7H15NO3. The molecule has 1 aliphatic heterocycles. The van der Waals surface area contributed by atoms with Crippen LogP contribution in [0.15, 0.2) is 0 Å². The van der Waals surface area contributed by atoms with Gasteiger partial charge in [0.2, 0.25) is 0 Å². The van der Waals surface area contributed by atoms with Gasteiger partial charge in [-0.05, 0) is 0 Å². The summed E-state index contributed by atoms with van der Waals surface area (Å²) in [5, 5.41) is 2.35. The molecule has 1 aliphatic rings. The molecule has 0 saturated carbocycles. The number of amides is 1. The summed E-state index contributed by atoms with van der Waals surface area (Å²) in [5.74, 6) is 0. The highest BCUT2D eigenvalue weighted by Crippen LogP contribution is 2.04. The SMILES string of the molecule is CC.CNC(=O)OC1COC1. The first-order valence-electron chi connectivity index (χ1n) is 3.79. The van der Waals surface area contributed by atoms with Crippen molar-refractivity contribution in [1.82, 2.24) is 5.32 Å². The lowest BCUT2D eigenvalue weighted by atomic mass is 10.3. The number of alkyl carbamates (subject to hydrolysis) is 1. The van der Waals surface area contributed by atoms with Gasteiger partial charge in [0, 0.05) is 7.05 Å². The van der Waals surface area contributed by atoms with Crippen molar-refractivity contribution in [1.29, 1.82) is 0 Å². The zero-order valence-electron chi connectivity index (χ0n) is 7.22. The second-order valence-corrected chi connectivity index (χ2v) is 1.81. The smallest absolute Gasteiger partial charge is 0.407 e. The van der Waals surface area contributed by atoms with E-state index in [2.05, 4.69) is 5.32 Å². The molecule has 1 amide bonds. The highest BCUT2D eigenvalue weighted by Gasteiger charge is 2.21. The van der Waals surface area contributed by atoms with Crippen LogP contribution in [0.25, 0.3) is 0 Å². The number of rotatable bonds is 1. The van der Waals surface area contributed by atoms with E-state index in [-0.39, 0.29) is 12.2 Å². The molecule has 1 rings (SSSR count). The number of ether oxygens (including phenoxy) is 2. The molecule has 0 aromatic heterocycles. The van der Waals surface area contributed by atoms with Crippen molar-refractivity contribution in [3.05, 3.63) is 0 Å². The lowest BCUT2D eigenvalue weighted by Gasteiger charge is -2.25. The van der Waals surface area contributed by atoms with E-state index in [1.165, 1.54) is 7.05 Å². The molecule has 0 aromatic carbocycles. The van der Waals surface area contributed by atoms with E-state index >= 15 is 0 Å². The molecular weight excluding hydrogens is 146 g/mol. The summed E-state index contributed by atoms with van der Waals surface area (Å²) >= 11 is 0. The lowest BCUT2D eigenvalue weighted by Crippen LogP contribution is -2.40. The minimum absolute atomic E-state index is 0.0232. The summed E-state index contributed by atoms with van der Waals surface area (Å²) in [7, 11) is 1.53. The van der Waals surface area contributed by atoms with E-state index in [0.29, 0.717) is 13.2 Å². The van der Waals surface area contributed by atoms with Crippen LogP contribution in [0.5, 0.6) is 0 Å². The molecule has 0 radical (unpaired) electrons.